The van der Waals surface area contributed by atoms with Gasteiger partial charge in [0.25, 0.3) is 0 Å². The van der Waals surface area contributed by atoms with Crippen LogP contribution in [0.25, 0.3) is 0 Å². The summed E-state index contributed by atoms with van der Waals surface area (Å²) in [5.41, 5.74) is 1.38. The monoisotopic (exact) mass is 350 g/mol. The van der Waals surface area contributed by atoms with Gasteiger partial charge in [0.15, 0.2) is 6.10 Å². The third kappa shape index (κ3) is 3.54. The molecule has 2 aromatic rings. The van der Waals surface area contributed by atoms with E-state index in [9.17, 15) is 14.7 Å². The summed E-state index contributed by atoms with van der Waals surface area (Å²) >= 11 is 0. The molecule has 4 heteroatoms. The van der Waals surface area contributed by atoms with Crippen LogP contribution in [-0.2, 0) is 14.3 Å². The van der Waals surface area contributed by atoms with Crippen molar-refractivity contribution in [3.8, 4) is 0 Å². The molecule has 0 radical (unpaired) electrons. The van der Waals surface area contributed by atoms with Crippen molar-refractivity contribution in [1.29, 1.82) is 0 Å². The Balaban J connectivity index is 2.08. The lowest BCUT2D eigenvalue weighted by Gasteiger charge is -2.18. The van der Waals surface area contributed by atoms with Crippen LogP contribution in [0.15, 0.2) is 72.0 Å². The zero-order valence-electron chi connectivity index (χ0n) is 14.9. The molecule has 1 saturated heterocycles. The summed E-state index contributed by atoms with van der Waals surface area (Å²) in [4.78, 5) is 25.0. The summed E-state index contributed by atoms with van der Waals surface area (Å²) in [5, 5.41) is 11.0. The number of benzene rings is 2. The highest BCUT2D eigenvalue weighted by Gasteiger charge is 2.42. The number of allylic oxidation sites excluding steroid dienone is 1. The van der Waals surface area contributed by atoms with E-state index in [1.165, 1.54) is 0 Å². The first-order valence-corrected chi connectivity index (χ1v) is 8.77. The molecule has 1 heterocycles. The minimum absolute atomic E-state index is 0.206. The van der Waals surface area contributed by atoms with Gasteiger partial charge in [0.05, 0.1) is 5.92 Å². The molecule has 4 nitrogen and oxygen atoms in total. The maximum absolute atomic E-state index is 12.7. The third-order valence-electron chi connectivity index (χ3n) is 4.47. The Morgan fingerprint density at radius 3 is 1.92 bits per heavy atom. The summed E-state index contributed by atoms with van der Waals surface area (Å²) in [6.45, 7) is 3.92. The number of ketones is 1. The number of aliphatic hydroxyl groups is 1. The first-order valence-electron chi connectivity index (χ1n) is 8.77. The number of carbonyl (C=O) groups is 2. The molecule has 0 spiro atoms. The van der Waals surface area contributed by atoms with E-state index in [2.05, 4.69) is 0 Å². The van der Waals surface area contributed by atoms with Crippen LogP contribution in [0.2, 0.25) is 0 Å². The molecular formula is C22H22O4. The zero-order valence-corrected chi connectivity index (χ0v) is 14.9. The topological polar surface area (TPSA) is 63.6 Å². The number of hydrogen-bond acceptors (Lipinski definition) is 4. The van der Waals surface area contributed by atoms with Gasteiger partial charge in [0.1, 0.15) is 11.3 Å². The van der Waals surface area contributed by atoms with Crippen LogP contribution >= 0.6 is 0 Å². The number of carbonyl (C=O) groups excluding carboxylic acids is 2. The molecule has 0 aliphatic carbocycles. The van der Waals surface area contributed by atoms with Gasteiger partial charge in [-0.1, -0.05) is 74.5 Å². The van der Waals surface area contributed by atoms with Gasteiger partial charge in [-0.2, -0.15) is 0 Å². The summed E-state index contributed by atoms with van der Waals surface area (Å²) in [5.74, 6) is -1.81. The van der Waals surface area contributed by atoms with Crippen LogP contribution < -0.4 is 0 Å². The normalized spacial score (nSPS) is 19.2. The van der Waals surface area contributed by atoms with E-state index in [0.29, 0.717) is 6.42 Å². The molecule has 26 heavy (non-hydrogen) atoms. The summed E-state index contributed by atoms with van der Waals surface area (Å²) in [7, 11) is 0. The first kappa shape index (κ1) is 17.9. The van der Waals surface area contributed by atoms with Gasteiger partial charge in [-0.15, -0.1) is 0 Å². The maximum Gasteiger partial charge on any atom is 0.346 e. The second-order valence-corrected chi connectivity index (χ2v) is 6.90. The Kier molecular flexibility index (Phi) is 5.21. The largest absolute Gasteiger partial charge is 0.510 e. The number of esters is 1. The first-order chi connectivity index (χ1) is 12.5. The van der Waals surface area contributed by atoms with Gasteiger partial charge in [0, 0.05) is 0 Å². The van der Waals surface area contributed by atoms with E-state index in [-0.39, 0.29) is 17.3 Å². The summed E-state index contributed by atoms with van der Waals surface area (Å²) < 4.78 is 5.23. The van der Waals surface area contributed by atoms with E-state index in [1.807, 2.05) is 74.5 Å². The minimum atomic E-state index is -0.813. The van der Waals surface area contributed by atoms with E-state index >= 15 is 0 Å². The number of cyclic esters (lactones) is 1. The molecule has 1 atom stereocenters. The number of ether oxygens (including phenoxy) is 1. The number of rotatable bonds is 5. The average molecular weight is 350 g/mol. The predicted octanol–water partition coefficient (Wildman–Crippen LogP) is 4.17. The van der Waals surface area contributed by atoms with Crippen LogP contribution in [-0.4, -0.2) is 23.0 Å². The molecule has 0 saturated carbocycles. The fourth-order valence-corrected chi connectivity index (χ4v) is 3.26. The molecule has 0 amide bonds. The molecule has 1 fully saturated rings. The van der Waals surface area contributed by atoms with Crippen molar-refractivity contribution in [3.63, 3.8) is 0 Å². The Hall–Kier alpha value is -2.88. The molecule has 1 N–H and O–H groups in total. The molecule has 1 unspecified atom stereocenters. The van der Waals surface area contributed by atoms with Crippen LogP contribution in [0.5, 0.6) is 0 Å². The van der Waals surface area contributed by atoms with Crippen LogP contribution in [0.1, 0.15) is 37.3 Å². The molecule has 0 bridgehead atoms. The molecule has 0 aromatic heterocycles. The Bertz CT molecular complexity index is 782. The molecular weight excluding hydrogens is 328 g/mol. The molecule has 1 aliphatic rings. The highest BCUT2D eigenvalue weighted by Crippen LogP contribution is 2.35. The summed E-state index contributed by atoms with van der Waals surface area (Å²) in [6.07, 6.45) is -0.366. The Labute approximate surface area is 153 Å². The molecule has 2 aromatic carbocycles. The third-order valence-corrected chi connectivity index (χ3v) is 4.47. The van der Waals surface area contributed by atoms with Crippen molar-refractivity contribution in [2.24, 2.45) is 5.92 Å². The average Bonchev–Trinajstić information content (AvgIpc) is 2.90. The van der Waals surface area contributed by atoms with Gasteiger partial charge < -0.3 is 9.84 Å². The van der Waals surface area contributed by atoms with E-state index < -0.39 is 23.8 Å². The molecule has 1 aliphatic heterocycles. The van der Waals surface area contributed by atoms with Crippen molar-refractivity contribution in [1.82, 2.24) is 0 Å². The predicted molar refractivity (Wildman–Crippen MR) is 98.7 cm³/mol. The SMILES string of the molecule is CC(C)CC1OC(=O)/C(=C(/O)C(c2ccccc2)c2ccccc2)C1=O. The zero-order chi connectivity index (χ0) is 18.7. The van der Waals surface area contributed by atoms with Gasteiger partial charge in [0.2, 0.25) is 5.78 Å². The van der Waals surface area contributed by atoms with E-state index in [4.69, 9.17) is 4.74 Å². The molecule has 3 rings (SSSR count). The lowest BCUT2D eigenvalue weighted by molar-refractivity contribution is -0.141. The second kappa shape index (κ2) is 7.56. The Morgan fingerprint density at radius 2 is 1.46 bits per heavy atom. The molecule has 134 valence electrons. The van der Waals surface area contributed by atoms with Crippen LogP contribution in [0.3, 0.4) is 0 Å². The van der Waals surface area contributed by atoms with Crippen LogP contribution in [0.4, 0.5) is 0 Å². The summed E-state index contributed by atoms with van der Waals surface area (Å²) in [6, 6.07) is 18.7. The number of hydrogen-bond donors (Lipinski definition) is 1. The van der Waals surface area contributed by atoms with Gasteiger partial charge >= 0.3 is 5.97 Å². The minimum Gasteiger partial charge on any atom is -0.510 e. The number of aliphatic hydroxyl groups excluding tert-OH is 1. The number of Topliss-reactive ketones (excluding diaryl/α,β-unsaturated/α-hetero) is 1. The highest BCUT2D eigenvalue weighted by atomic mass is 16.6. The van der Waals surface area contributed by atoms with Crippen molar-refractivity contribution in [2.75, 3.05) is 0 Å². The lowest BCUT2D eigenvalue weighted by Crippen LogP contribution is -2.19. The fraction of sp³-hybridized carbons (Fsp3) is 0.273. The maximum atomic E-state index is 12.7. The highest BCUT2D eigenvalue weighted by molar-refractivity contribution is 6.23. The van der Waals surface area contributed by atoms with Crippen molar-refractivity contribution < 1.29 is 19.4 Å². The van der Waals surface area contributed by atoms with E-state index in [0.717, 1.165) is 11.1 Å². The van der Waals surface area contributed by atoms with E-state index in [1.54, 1.807) is 0 Å². The van der Waals surface area contributed by atoms with Crippen molar-refractivity contribution in [2.45, 2.75) is 32.3 Å². The standard InChI is InChI=1S/C22H22O4/c1-14(2)13-17-20(23)19(22(25)26-17)21(24)18(15-9-5-3-6-10-15)16-11-7-4-8-12-16/h3-12,14,17-18,24H,13H2,1-2H3/b21-19+. The fourth-order valence-electron chi connectivity index (χ4n) is 3.26. The van der Waals surface area contributed by atoms with Gasteiger partial charge in [-0.05, 0) is 23.5 Å². The quantitative estimate of drug-likeness (QED) is 0.380. The smallest absolute Gasteiger partial charge is 0.346 e. The lowest BCUT2D eigenvalue weighted by atomic mass is 9.86. The van der Waals surface area contributed by atoms with Gasteiger partial charge in [-0.25, -0.2) is 4.79 Å². The van der Waals surface area contributed by atoms with Gasteiger partial charge in [-0.3, -0.25) is 4.79 Å². The Morgan fingerprint density at radius 1 is 0.962 bits per heavy atom. The second-order valence-electron chi connectivity index (χ2n) is 6.90. The van der Waals surface area contributed by atoms with Crippen molar-refractivity contribution >= 4 is 11.8 Å². The van der Waals surface area contributed by atoms with Crippen LogP contribution in [0, 0.1) is 5.92 Å². The van der Waals surface area contributed by atoms with Crippen molar-refractivity contribution in [3.05, 3.63) is 83.1 Å².